The monoisotopic (exact) mass is 533 g/mol. The predicted octanol–water partition coefficient (Wildman–Crippen LogP) is 5.36. The van der Waals surface area contributed by atoms with Gasteiger partial charge in [0.15, 0.2) is 12.4 Å². The van der Waals surface area contributed by atoms with Gasteiger partial charge in [0.2, 0.25) is 0 Å². The van der Waals surface area contributed by atoms with Crippen LogP contribution in [0, 0.1) is 13.8 Å². The van der Waals surface area contributed by atoms with Crippen LogP contribution < -0.4 is 9.64 Å². The minimum absolute atomic E-state index is 0.0387. The maximum Gasteiger partial charge on any atom is 0.343 e. The SMILES string of the molecule is Cc1ccc(C(=O)Oc2ccc(C(=O)COC(=O)c3ccc4c(c3)C(=O)N(c3ccc(C)cc3)C4=O)cc2)cc1. The number of benzene rings is 4. The smallest absolute Gasteiger partial charge is 0.343 e. The summed E-state index contributed by atoms with van der Waals surface area (Å²) in [5.74, 6) is -2.57. The summed E-state index contributed by atoms with van der Waals surface area (Å²) in [4.78, 5) is 64.4. The van der Waals surface area contributed by atoms with E-state index in [0.717, 1.165) is 16.0 Å². The number of hydrogen-bond acceptors (Lipinski definition) is 7. The Balaban J connectivity index is 1.20. The molecule has 0 N–H and O–H groups in total. The van der Waals surface area contributed by atoms with Crippen LogP contribution in [0.4, 0.5) is 5.69 Å². The Hall–Kier alpha value is -5.37. The van der Waals surface area contributed by atoms with Crippen molar-refractivity contribution < 1.29 is 33.4 Å². The zero-order chi connectivity index (χ0) is 28.4. The summed E-state index contributed by atoms with van der Waals surface area (Å²) in [6, 6.07) is 23.9. The highest BCUT2D eigenvalue weighted by atomic mass is 16.5. The summed E-state index contributed by atoms with van der Waals surface area (Å²) in [7, 11) is 0. The molecule has 5 rings (SSSR count). The van der Waals surface area contributed by atoms with E-state index >= 15 is 0 Å². The molecule has 8 heteroatoms. The van der Waals surface area contributed by atoms with Crippen LogP contribution in [-0.4, -0.2) is 36.1 Å². The van der Waals surface area contributed by atoms with Crippen molar-refractivity contribution in [2.75, 3.05) is 11.5 Å². The number of fused-ring (bicyclic) bond motifs is 1. The highest BCUT2D eigenvalue weighted by molar-refractivity contribution is 6.34. The Bertz CT molecular complexity index is 1650. The molecule has 1 heterocycles. The summed E-state index contributed by atoms with van der Waals surface area (Å²) in [5.41, 5.74) is 3.40. The van der Waals surface area contributed by atoms with Gasteiger partial charge in [-0.15, -0.1) is 0 Å². The van der Waals surface area contributed by atoms with Crippen molar-refractivity contribution in [3.05, 3.63) is 130 Å². The number of carbonyl (C=O) groups excluding carboxylic acids is 5. The lowest BCUT2D eigenvalue weighted by Crippen LogP contribution is -2.29. The second kappa shape index (κ2) is 10.8. The normalized spacial score (nSPS) is 12.2. The number of imide groups is 1. The molecule has 0 aromatic heterocycles. The second-order valence-electron chi connectivity index (χ2n) is 9.32. The third kappa shape index (κ3) is 5.28. The molecule has 0 spiro atoms. The number of ketones is 1. The molecule has 0 bridgehead atoms. The van der Waals surface area contributed by atoms with E-state index in [9.17, 15) is 24.0 Å². The van der Waals surface area contributed by atoms with Crippen LogP contribution in [0.15, 0.2) is 91.0 Å². The summed E-state index contributed by atoms with van der Waals surface area (Å²) in [6.07, 6.45) is 0. The van der Waals surface area contributed by atoms with Gasteiger partial charge < -0.3 is 9.47 Å². The Morgan fingerprint density at radius 3 is 1.82 bits per heavy atom. The highest BCUT2D eigenvalue weighted by Gasteiger charge is 2.37. The van der Waals surface area contributed by atoms with Crippen molar-refractivity contribution >= 4 is 35.2 Å². The largest absolute Gasteiger partial charge is 0.454 e. The lowest BCUT2D eigenvalue weighted by Gasteiger charge is -2.13. The fraction of sp³-hybridized carbons (Fsp3) is 0.0938. The molecular formula is C32H23NO7. The zero-order valence-corrected chi connectivity index (χ0v) is 21.7. The lowest BCUT2D eigenvalue weighted by molar-refractivity contribution is 0.0474. The van der Waals surface area contributed by atoms with Gasteiger partial charge in [-0.2, -0.15) is 0 Å². The lowest BCUT2D eigenvalue weighted by atomic mass is 10.1. The molecule has 4 aromatic carbocycles. The Morgan fingerprint density at radius 2 is 1.18 bits per heavy atom. The van der Waals surface area contributed by atoms with Crippen molar-refractivity contribution in [1.82, 2.24) is 0 Å². The number of rotatable bonds is 7. The summed E-state index contributed by atoms with van der Waals surface area (Å²) < 4.78 is 10.5. The van der Waals surface area contributed by atoms with Crippen molar-refractivity contribution in [3.63, 3.8) is 0 Å². The van der Waals surface area contributed by atoms with E-state index in [0.29, 0.717) is 11.3 Å². The number of anilines is 1. The molecule has 198 valence electrons. The topological polar surface area (TPSA) is 107 Å². The van der Waals surface area contributed by atoms with Crippen molar-refractivity contribution in [2.45, 2.75) is 13.8 Å². The average Bonchev–Trinajstić information content (AvgIpc) is 3.21. The maximum atomic E-state index is 13.0. The number of carbonyl (C=O) groups is 5. The van der Waals surface area contributed by atoms with Crippen LogP contribution in [0.3, 0.4) is 0 Å². The van der Waals surface area contributed by atoms with Gasteiger partial charge in [0, 0.05) is 5.56 Å². The van der Waals surface area contributed by atoms with Crippen LogP contribution in [0.5, 0.6) is 5.75 Å². The first-order valence-corrected chi connectivity index (χ1v) is 12.4. The van der Waals surface area contributed by atoms with E-state index in [4.69, 9.17) is 9.47 Å². The molecule has 0 unspecified atom stereocenters. The molecule has 8 nitrogen and oxygen atoms in total. The van der Waals surface area contributed by atoms with E-state index < -0.39 is 36.1 Å². The standard InChI is InChI=1S/C32H23NO7/c1-19-3-7-22(8-4-19)32(38)40-25-14-9-21(10-15-25)28(34)18-39-31(37)23-11-16-26-27(17-23)30(36)33(29(26)35)24-12-5-20(2)6-13-24/h3-17H,18H2,1-2H3. The van der Waals surface area contributed by atoms with E-state index in [1.807, 2.05) is 13.8 Å². The summed E-state index contributed by atoms with van der Waals surface area (Å²) >= 11 is 0. The Morgan fingerprint density at radius 1 is 0.625 bits per heavy atom. The van der Waals surface area contributed by atoms with E-state index in [1.165, 1.54) is 42.5 Å². The van der Waals surface area contributed by atoms with Crippen LogP contribution in [0.2, 0.25) is 0 Å². The molecule has 0 aliphatic carbocycles. The van der Waals surface area contributed by atoms with Gasteiger partial charge in [-0.25, -0.2) is 14.5 Å². The van der Waals surface area contributed by atoms with E-state index in [2.05, 4.69) is 0 Å². The Kier molecular flexibility index (Phi) is 7.07. The van der Waals surface area contributed by atoms with Gasteiger partial charge >= 0.3 is 11.9 Å². The fourth-order valence-electron chi connectivity index (χ4n) is 4.16. The minimum Gasteiger partial charge on any atom is -0.454 e. The molecule has 40 heavy (non-hydrogen) atoms. The quantitative estimate of drug-likeness (QED) is 0.136. The number of aryl methyl sites for hydroxylation is 2. The first-order chi connectivity index (χ1) is 19.2. The molecule has 0 fully saturated rings. The molecule has 1 aliphatic heterocycles. The van der Waals surface area contributed by atoms with Crippen molar-refractivity contribution in [2.24, 2.45) is 0 Å². The average molecular weight is 534 g/mol. The van der Waals surface area contributed by atoms with Gasteiger partial charge in [0.05, 0.1) is 27.9 Å². The van der Waals surface area contributed by atoms with Gasteiger partial charge in [-0.05, 0) is 80.6 Å². The molecule has 4 aromatic rings. The van der Waals surface area contributed by atoms with Crippen LogP contribution in [-0.2, 0) is 4.74 Å². The number of ether oxygens (including phenoxy) is 2. The maximum absolute atomic E-state index is 13.0. The van der Waals surface area contributed by atoms with Gasteiger partial charge in [0.1, 0.15) is 5.75 Å². The molecular weight excluding hydrogens is 510 g/mol. The first-order valence-electron chi connectivity index (χ1n) is 12.4. The Labute approximate surface area is 229 Å². The third-order valence-corrected chi connectivity index (χ3v) is 6.42. The van der Waals surface area contributed by atoms with Crippen LogP contribution in [0.25, 0.3) is 0 Å². The molecule has 2 amide bonds. The predicted molar refractivity (Wildman–Crippen MR) is 146 cm³/mol. The fourth-order valence-corrected chi connectivity index (χ4v) is 4.16. The third-order valence-electron chi connectivity index (χ3n) is 6.42. The number of hydrogen-bond donors (Lipinski definition) is 0. The first kappa shape index (κ1) is 26.2. The number of Topliss-reactive ketones (excluding diaryl/α,β-unsaturated/α-hetero) is 1. The van der Waals surface area contributed by atoms with Gasteiger partial charge in [-0.1, -0.05) is 35.4 Å². The molecule has 1 aliphatic rings. The minimum atomic E-state index is -0.811. The van der Waals surface area contributed by atoms with Crippen LogP contribution >= 0.6 is 0 Å². The molecule has 0 saturated carbocycles. The molecule has 0 radical (unpaired) electrons. The second-order valence-corrected chi connectivity index (χ2v) is 9.32. The summed E-state index contributed by atoms with van der Waals surface area (Å²) in [5, 5.41) is 0. The number of nitrogens with zero attached hydrogens (tertiary/aromatic N) is 1. The highest BCUT2D eigenvalue weighted by Crippen LogP contribution is 2.29. The zero-order valence-electron chi connectivity index (χ0n) is 21.7. The van der Waals surface area contributed by atoms with Crippen molar-refractivity contribution in [1.29, 1.82) is 0 Å². The number of esters is 2. The van der Waals surface area contributed by atoms with Gasteiger partial charge in [0.25, 0.3) is 11.8 Å². The van der Waals surface area contributed by atoms with Crippen LogP contribution in [0.1, 0.15) is 62.9 Å². The van der Waals surface area contributed by atoms with E-state index in [1.54, 1.807) is 48.5 Å². The van der Waals surface area contributed by atoms with Crippen molar-refractivity contribution in [3.8, 4) is 5.75 Å². The summed E-state index contributed by atoms with van der Waals surface area (Å²) in [6.45, 7) is 3.27. The number of amides is 2. The van der Waals surface area contributed by atoms with E-state index in [-0.39, 0.29) is 28.0 Å². The molecule has 0 saturated heterocycles. The van der Waals surface area contributed by atoms with Gasteiger partial charge in [-0.3, -0.25) is 14.4 Å². The molecule has 0 atom stereocenters.